The lowest BCUT2D eigenvalue weighted by Crippen LogP contribution is -2.31. The summed E-state index contributed by atoms with van der Waals surface area (Å²) in [5, 5.41) is 14.3. The van der Waals surface area contributed by atoms with E-state index in [1.807, 2.05) is 0 Å². The van der Waals surface area contributed by atoms with E-state index in [2.05, 4.69) is 41.9 Å². The molecule has 0 spiro atoms. The maximum atomic E-state index is 5.74. The van der Waals surface area contributed by atoms with E-state index < -0.39 is 0 Å². The van der Waals surface area contributed by atoms with Gasteiger partial charge in [0.25, 0.3) is 0 Å². The molecular weight excluding hydrogens is 276 g/mol. The molecule has 0 aliphatic heterocycles. The fourth-order valence-corrected chi connectivity index (χ4v) is 2.05. The first-order valence-corrected chi connectivity index (χ1v) is 5.24. The molecule has 0 amide bonds. The number of aryl methyl sites for hydroxylation is 1. The summed E-state index contributed by atoms with van der Waals surface area (Å²) < 4.78 is 2.22. The number of nitrogens with zero attached hydrogens (tertiary/aromatic N) is 4. The van der Waals surface area contributed by atoms with Crippen LogP contribution in [-0.4, -0.2) is 25.2 Å². The molecule has 0 bridgehead atoms. The van der Waals surface area contributed by atoms with Crippen LogP contribution in [0.4, 0.5) is 5.82 Å². The van der Waals surface area contributed by atoms with E-state index >= 15 is 0 Å². The Hall–Kier alpha value is -1.45. The molecule has 16 heavy (non-hydrogen) atoms. The Bertz CT molecular complexity index is 469. The van der Waals surface area contributed by atoms with Gasteiger partial charge in [-0.25, -0.2) is 10.1 Å². The summed E-state index contributed by atoms with van der Waals surface area (Å²) in [7, 11) is 1.77. The van der Waals surface area contributed by atoms with E-state index in [4.69, 9.17) is 11.6 Å². The zero-order valence-electron chi connectivity index (χ0n) is 8.48. The van der Waals surface area contributed by atoms with Gasteiger partial charge >= 0.3 is 0 Å². The molecule has 0 fully saturated rings. The van der Waals surface area contributed by atoms with Gasteiger partial charge in [0, 0.05) is 12.6 Å². The molecule has 2 heterocycles. The highest BCUT2D eigenvalue weighted by Gasteiger charge is 2.23. The van der Waals surface area contributed by atoms with Crippen LogP contribution >= 0.6 is 15.9 Å². The van der Waals surface area contributed by atoms with Gasteiger partial charge in [-0.05, 0) is 15.9 Å². The maximum Gasteiger partial charge on any atom is 0.153 e. The highest BCUT2D eigenvalue weighted by Crippen LogP contribution is 2.28. The molecule has 1 atom stereocenters. The quantitative estimate of drug-likeness (QED) is 0.443. The number of nitrogens with one attached hydrogen (secondary N) is 2. The third-order valence-corrected chi connectivity index (χ3v) is 2.84. The first kappa shape index (κ1) is 11.0. The summed E-state index contributed by atoms with van der Waals surface area (Å²) in [6, 6.07) is -0.326. The van der Waals surface area contributed by atoms with Crippen molar-refractivity contribution < 1.29 is 0 Å². The van der Waals surface area contributed by atoms with E-state index in [0.717, 1.165) is 11.3 Å². The van der Waals surface area contributed by atoms with Gasteiger partial charge in [0.2, 0.25) is 0 Å². The van der Waals surface area contributed by atoms with Crippen LogP contribution in [0.1, 0.15) is 17.3 Å². The minimum Gasteiger partial charge on any atom is -0.384 e. The van der Waals surface area contributed by atoms with E-state index in [0.29, 0.717) is 10.4 Å². The zero-order chi connectivity index (χ0) is 11.7. The topological polar surface area (TPSA) is 123 Å². The van der Waals surface area contributed by atoms with Gasteiger partial charge in [-0.1, -0.05) is 5.21 Å². The van der Waals surface area contributed by atoms with Crippen LogP contribution in [0.2, 0.25) is 0 Å². The molecule has 8 nitrogen and oxygen atoms in total. The summed E-state index contributed by atoms with van der Waals surface area (Å²) >= 11 is 3.31. The summed E-state index contributed by atoms with van der Waals surface area (Å²) in [6.07, 6.45) is 1.61. The monoisotopic (exact) mass is 286 g/mol. The molecule has 0 aliphatic carbocycles. The van der Waals surface area contributed by atoms with Crippen molar-refractivity contribution in [2.24, 2.45) is 12.9 Å². The lowest BCUT2D eigenvalue weighted by molar-refractivity contribution is 0.570. The number of rotatable bonds is 3. The van der Waals surface area contributed by atoms with Crippen molar-refractivity contribution >= 4 is 21.7 Å². The Labute approximate surface area is 99.5 Å². The smallest absolute Gasteiger partial charge is 0.153 e. The number of H-pyrrole nitrogens is 1. The summed E-state index contributed by atoms with van der Waals surface area (Å²) in [5.41, 5.74) is 9.92. The molecule has 0 aliphatic rings. The van der Waals surface area contributed by atoms with Crippen LogP contribution < -0.4 is 17.0 Å². The third-order valence-electron chi connectivity index (χ3n) is 2.28. The summed E-state index contributed by atoms with van der Waals surface area (Å²) in [4.78, 5) is 0. The zero-order valence-corrected chi connectivity index (χ0v) is 10.1. The summed E-state index contributed by atoms with van der Waals surface area (Å²) in [6.45, 7) is 0. The normalized spacial score (nSPS) is 12.9. The van der Waals surface area contributed by atoms with Crippen molar-refractivity contribution in [1.29, 1.82) is 0 Å². The molecule has 0 saturated carbocycles. The van der Waals surface area contributed by atoms with E-state index in [1.165, 1.54) is 0 Å². The number of aromatic nitrogens is 5. The Morgan fingerprint density at radius 3 is 2.81 bits per heavy atom. The molecule has 0 radical (unpaired) electrons. The van der Waals surface area contributed by atoms with Gasteiger partial charge in [-0.15, -0.1) is 5.10 Å². The number of hydrazine groups is 1. The number of nitrogen functional groups attached to an aromatic ring is 1. The van der Waals surface area contributed by atoms with Crippen LogP contribution in [0.5, 0.6) is 0 Å². The highest BCUT2D eigenvalue weighted by molar-refractivity contribution is 9.10. The number of halogens is 1. The van der Waals surface area contributed by atoms with Gasteiger partial charge in [-0.3, -0.25) is 10.9 Å². The van der Waals surface area contributed by atoms with E-state index in [9.17, 15) is 0 Å². The van der Waals surface area contributed by atoms with Crippen molar-refractivity contribution in [1.82, 2.24) is 30.6 Å². The van der Waals surface area contributed by atoms with E-state index in [-0.39, 0.29) is 6.04 Å². The second-order valence-corrected chi connectivity index (χ2v) is 3.98. The van der Waals surface area contributed by atoms with Crippen LogP contribution in [0.25, 0.3) is 0 Å². The van der Waals surface area contributed by atoms with Gasteiger partial charge in [0.05, 0.1) is 17.9 Å². The Kier molecular flexibility index (Phi) is 2.90. The SMILES string of the molecule is Cn1nnc(Br)c1C(NN)c1cn[nH]c1N. The fourth-order valence-electron chi connectivity index (χ4n) is 1.50. The molecule has 2 rings (SSSR count). The predicted molar refractivity (Wildman–Crippen MR) is 60.9 cm³/mol. The predicted octanol–water partition coefficient (Wildman–Crippen LogP) is -0.564. The second kappa shape index (κ2) is 4.20. The molecule has 1 unspecified atom stereocenters. The average molecular weight is 287 g/mol. The maximum absolute atomic E-state index is 5.74. The van der Waals surface area contributed by atoms with Gasteiger partial charge in [-0.2, -0.15) is 5.10 Å². The van der Waals surface area contributed by atoms with Gasteiger partial charge in [0.15, 0.2) is 4.60 Å². The number of hydrogen-bond donors (Lipinski definition) is 4. The number of hydrogen-bond acceptors (Lipinski definition) is 6. The van der Waals surface area contributed by atoms with E-state index in [1.54, 1.807) is 17.9 Å². The van der Waals surface area contributed by atoms with Crippen LogP contribution in [-0.2, 0) is 7.05 Å². The van der Waals surface area contributed by atoms with Gasteiger partial charge in [0.1, 0.15) is 5.82 Å². The van der Waals surface area contributed by atoms with Crippen molar-refractivity contribution in [3.8, 4) is 0 Å². The van der Waals surface area contributed by atoms with Crippen molar-refractivity contribution in [3.63, 3.8) is 0 Å². The highest BCUT2D eigenvalue weighted by atomic mass is 79.9. The van der Waals surface area contributed by atoms with Crippen LogP contribution in [0.3, 0.4) is 0 Å². The molecule has 0 aromatic carbocycles. The van der Waals surface area contributed by atoms with Crippen LogP contribution in [0.15, 0.2) is 10.8 Å². The third kappa shape index (κ3) is 1.68. The van der Waals surface area contributed by atoms with Crippen molar-refractivity contribution in [3.05, 3.63) is 22.1 Å². The molecule has 86 valence electrons. The van der Waals surface area contributed by atoms with Gasteiger partial charge < -0.3 is 5.73 Å². The Balaban J connectivity index is 2.49. The van der Waals surface area contributed by atoms with Crippen molar-refractivity contribution in [2.45, 2.75) is 6.04 Å². The Morgan fingerprint density at radius 1 is 1.62 bits per heavy atom. The Morgan fingerprint density at radius 2 is 2.38 bits per heavy atom. The number of anilines is 1. The largest absolute Gasteiger partial charge is 0.384 e. The molecule has 9 heteroatoms. The standard InChI is InChI=1S/C7H11BrN8/c1-16-5(6(8)13-15-16)4(12-10)3-2-11-14-7(3)9/h2,4,12H,10H2,1H3,(H3,9,11,14). The minimum absolute atomic E-state index is 0.326. The molecule has 2 aromatic rings. The molecule has 6 N–H and O–H groups in total. The lowest BCUT2D eigenvalue weighted by Gasteiger charge is -2.15. The first-order chi connectivity index (χ1) is 7.65. The minimum atomic E-state index is -0.326. The van der Waals surface area contributed by atoms with Crippen molar-refractivity contribution in [2.75, 3.05) is 5.73 Å². The number of aromatic amines is 1. The molecular formula is C7H11BrN8. The lowest BCUT2D eigenvalue weighted by atomic mass is 10.1. The molecule has 2 aromatic heterocycles. The molecule has 0 saturated heterocycles. The fraction of sp³-hybridized carbons (Fsp3) is 0.286. The average Bonchev–Trinajstić information content (AvgIpc) is 2.80. The first-order valence-electron chi connectivity index (χ1n) is 4.45. The number of nitrogens with two attached hydrogens (primary N) is 2. The van der Waals surface area contributed by atoms with Crippen LogP contribution in [0, 0.1) is 0 Å². The second-order valence-electron chi connectivity index (χ2n) is 3.23. The summed E-state index contributed by atoms with van der Waals surface area (Å²) in [5.74, 6) is 5.98.